The molecule has 1 amide bonds. The van der Waals surface area contributed by atoms with Crippen LogP contribution in [0.4, 0.5) is 0 Å². The number of carbonyl (C=O) groups excluding carboxylic acids is 1. The Balaban J connectivity index is 1.60. The van der Waals surface area contributed by atoms with Crippen molar-refractivity contribution in [2.24, 2.45) is 0 Å². The van der Waals surface area contributed by atoms with E-state index in [1.807, 2.05) is 4.90 Å². The molecule has 0 radical (unpaired) electrons. The van der Waals surface area contributed by atoms with Crippen LogP contribution in [0.3, 0.4) is 0 Å². The highest BCUT2D eigenvalue weighted by Gasteiger charge is 2.43. The standard InChI is InChI=1S/C16H24N2O3/c1-20-12-10-18-7-2-4-16(18)5-8-17(9-6-16)15(19)14-3-11-21-13-14/h3,11,13H,2,4-10,12H2,1H3. The lowest BCUT2D eigenvalue weighted by molar-refractivity contribution is 0.0310. The number of nitrogens with zero attached hydrogens (tertiary/aromatic N) is 2. The van der Waals surface area contributed by atoms with Crippen LogP contribution in [0.15, 0.2) is 23.0 Å². The fraction of sp³-hybridized carbons (Fsp3) is 0.688. The molecule has 3 heterocycles. The molecule has 21 heavy (non-hydrogen) atoms. The number of methoxy groups -OCH3 is 1. The first kappa shape index (κ1) is 14.6. The fourth-order valence-corrected chi connectivity index (χ4v) is 3.81. The Hall–Kier alpha value is -1.33. The lowest BCUT2D eigenvalue weighted by Crippen LogP contribution is -2.53. The van der Waals surface area contributed by atoms with Gasteiger partial charge in [0.25, 0.3) is 5.91 Å². The van der Waals surface area contributed by atoms with Crippen molar-refractivity contribution in [3.05, 3.63) is 24.2 Å². The van der Waals surface area contributed by atoms with Crippen LogP contribution in [0.5, 0.6) is 0 Å². The van der Waals surface area contributed by atoms with Gasteiger partial charge in [0.1, 0.15) is 6.26 Å². The molecule has 0 aromatic carbocycles. The van der Waals surface area contributed by atoms with Crippen molar-refractivity contribution in [1.82, 2.24) is 9.80 Å². The summed E-state index contributed by atoms with van der Waals surface area (Å²) in [7, 11) is 1.76. The maximum Gasteiger partial charge on any atom is 0.257 e. The number of hydrogen-bond acceptors (Lipinski definition) is 4. The number of likely N-dealkylation sites (tertiary alicyclic amines) is 2. The van der Waals surface area contributed by atoms with Gasteiger partial charge >= 0.3 is 0 Å². The third-order valence-corrected chi connectivity index (χ3v) is 5.06. The van der Waals surface area contributed by atoms with Crippen molar-refractivity contribution in [2.45, 2.75) is 31.2 Å². The Kier molecular flexibility index (Phi) is 4.31. The van der Waals surface area contributed by atoms with E-state index < -0.39 is 0 Å². The third-order valence-electron chi connectivity index (χ3n) is 5.06. The largest absolute Gasteiger partial charge is 0.472 e. The molecule has 0 bridgehead atoms. The number of piperidine rings is 1. The molecule has 5 nitrogen and oxygen atoms in total. The lowest BCUT2D eigenvalue weighted by Gasteiger charge is -2.45. The van der Waals surface area contributed by atoms with E-state index in [1.165, 1.54) is 25.6 Å². The molecule has 2 saturated heterocycles. The van der Waals surface area contributed by atoms with Crippen molar-refractivity contribution in [1.29, 1.82) is 0 Å². The van der Waals surface area contributed by atoms with Crippen LogP contribution in [-0.2, 0) is 4.74 Å². The van der Waals surface area contributed by atoms with Crippen LogP contribution in [0, 0.1) is 0 Å². The normalized spacial score (nSPS) is 22.0. The summed E-state index contributed by atoms with van der Waals surface area (Å²) in [5.41, 5.74) is 0.958. The second-order valence-corrected chi connectivity index (χ2v) is 6.11. The zero-order valence-electron chi connectivity index (χ0n) is 12.7. The van der Waals surface area contributed by atoms with E-state index in [-0.39, 0.29) is 5.91 Å². The zero-order chi connectivity index (χ0) is 14.7. The van der Waals surface area contributed by atoms with Gasteiger partial charge in [-0.1, -0.05) is 0 Å². The number of ether oxygens (including phenoxy) is 1. The van der Waals surface area contributed by atoms with Crippen LogP contribution in [0.25, 0.3) is 0 Å². The van der Waals surface area contributed by atoms with E-state index in [4.69, 9.17) is 9.15 Å². The number of furan rings is 1. The van der Waals surface area contributed by atoms with Crippen molar-refractivity contribution in [2.75, 3.05) is 39.9 Å². The van der Waals surface area contributed by atoms with E-state index in [2.05, 4.69) is 4.90 Å². The fourth-order valence-electron chi connectivity index (χ4n) is 3.81. The summed E-state index contributed by atoms with van der Waals surface area (Å²) >= 11 is 0. The minimum atomic E-state index is 0.0973. The van der Waals surface area contributed by atoms with Gasteiger partial charge in [0.15, 0.2) is 0 Å². The van der Waals surface area contributed by atoms with E-state index in [0.29, 0.717) is 11.1 Å². The smallest absolute Gasteiger partial charge is 0.257 e. The van der Waals surface area contributed by atoms with E-state index in [0.717, 1.165) is 39.1 Å². The van der Waals surface area contributed by atoms with Gasteiger partial charge in [-0.2, -0.15) is 0 Å². The summed E-state index contributed by atoms with van der Waals surface area (Å²) in [6, 6.07) is 1.74. The molecule has 5 heteroatoms. The molecule has 0 saturated carbocycles. The zero-order valence-corrected chi connectivity index (χ0v) is 12.7. The summed E-state index contributed by atoms with van der Waals surface area (Å²) in [5.74, 6) is 0.0973. The molecule has 2 fully saturated rings. The van der Waals surface area contributed by atoms with Crippen molar-refractivity contribution in [3.63, 3.8) is 0 Å². The minimum absolute atomic E-state index is 0.0973. The van der Waals surface area contributed by atoms with Crippen LogP contribution in [0.1, 0.15) is 36.0 Å². The second-order valence-electron chi connectivity index (χ2n) is 6.11. The van der Waals surface area contributed by atoms with Gasteiger partial charge in [-0.25, -0.2) is 0 Å². The van der Waals surface area contributed by atoms with Gasteiger partial charge in [0.2, 0.25) is 0 Å². The number of hydrogen-bond donors (Lipinski definition) is 0. The van der Waals surface area contributed by atoms with Gasteiger partial charge in [-0.15, -0.1) is 0 Å². The van der Waals surface area contributed by atoms with Crippen LogP contribution < -0.4 is 0 Å². The first-order valence-electron chi connectivity index (χ1n) is 7.81. The number of rotatable bonds is 4. The average molecular weight is 292 g/mol. The van der Waals surface area contributed by atoms with E-state index in [9.17, 15) is 4.79 Å². The Bertz CT molecular complexity index is 464. The Morgan fingerprint density at radius 1 is 1.33 bits per heavy atom. The summed E-state index contributed by atoms with van der Waals surface area (Å²) in [6.45, 7) is 4.64. The quantitative estimate of drug-likeness (QED) is 0.851. The summed E-state index contributed by atoms with van der Waals surface area (Å²) < 4.78 is 10.2. The maximum absolute atomic E-state index is 12.4. The highest BCUT2D eigenvalue weighted by molar-refractivity contribution is 5.93. The van der Waals surface area contributed by atoms with Crippen molar-refractivity contribution in [3.8, 4) is 0 Å². The molecule has 3 rings (SSSR count). The molecule has 0 unspecified atom stereocenters. The molecule has 1 aromatic rings. The summed E-state index contributed by atoms with van der Waals surface area (Å²) in [5, 5.41) is 0. The third kappa shape index (κ3) is 2.85. The van der Waals surface area contributed by atoms with Crippen LogP contribution in [0.2, 0.25) is 0 Å². The Labute approximate surface area is 125 Å². The molecule has 0 aliphatic carbocycles. The Morgan fingerprint density at radius 2 is 2.14 bits per heavy atom. The highest BCUT2D eigenvalue weighted by atomic mass is 16.5. The molecular formula is C16H24N2O3. The van der Waals surface area contributed by atoms with Gasteiger partial charge in [0, 0.05) is 32.3 Å². The molecule has 0 atom stereocenters. The number of amides is 1. The van der Waals surface area contributed by atoms with E-state index >= 15 is 0 Å². The number of carbonyl (C=O) groups is 1. The first-order chi connectivity index (χ1) is 10.2. The SMILES string of the molecule is COCCN1CCCC12CCN(C(=O)c1ccoc1)CC2. The monoisotopic (exact) mass is 292 g/mol. The van der Waals surface area contributed by atoms with Gasteiger partial charge in [-0.05, 0) is 38.3 Å². The molecular weight excluding hydrogens is 268 g/mol. The van der Waals surface area contributed by atoms with Crippen LogP contribution >= 0.6 is 0 Å². The predicted octanol–water partition coefficient (Wildman–Crippen LogP) is 2.00. The molecule has 2 aliphatic rings. The maximum atomic E-state index is 12.4. The molecule has 1 aromatic heterocycles. The summed E-state index contributed by atoms with van der Waals surface area (Å²) in [4.78, 5) is 16.9. The van der Waals surface area contributed by atoms with Gasteiger partial charge < -0.3 is 14.1 Å². The highest BCUT2D eigenvalue weighted by Crippen LogP contribution is 2.38. The first-order valence-corrected chi connectivity index (χ1v) is 7.81. The van der Waals surface area contributed by atoms with Crippen molar-refractivity contribution >= 4 is 5.91 Å². The lowest BCUT2D eigenvalue weighted by atomic mass is 9.84. The van der Waals surface area contributed by atoms with Gasteiger partial charge in [-0.3, -0.25) is 9.69 Å². The molecule has 0 N–H and O–H groups in total. The van der Waals surface area contributed by atoms with Crippen LogP contribution in [-0.4, -0.2) is 61.1 Å². The second kappa shape index (κ2) is 6.20. The minimum Gasteiger partial charge on any atom is -0.472 e. The average Bonchev–Trinajstić information content (AvgIpc) is 3.16. The molecule has 2 aliphatic heterocycles. The van der Waals surface area contributed by atoms with E-state index in [1.54, 1.807) is 19.4 Å². The van der Waals surface area contributed by atoms with Crippen molar-refractivity contribution < 1.29 is 13.9 Å². The van der Waals surface area contributed by atoms with Gasteiger partial charge in [0.05, 0.1) is 18.4 Å². The Morgan fingerprint density at radius 3 is 2.81 bits per heavy atom. The topological polar surface area (TPSA) is 45.9 Å². The predicted molar refractivity (Wildman–Crippen MR) is 79.3 cm³/mol. The molecule has 116 valence electrons. The molecule has 1 spiro atoms. The summed E-state index contributed by atoms with van der Waals surface area (Å²) in [6.07, 6.45) is 7.75.